The molecule has 0 aliphatic rings. The number of esters is 1. The lowest BCUT2D eigenvalue weighted by molar-refractivity contribution is -0.137. The van der Waals surface area contributed by atoms with Gasteiger partial charge in [-0.25, -0.2) is 4.79 Å². The summed E-state index contributed by atoms with van der Waals surface area (Å²) < 4.78 is 44.2. The Hall–Kier alpha value is -3.07. The number of nitrogens with zero attached hydrogens (tertiary/aromatic N) is 1. The van der Waals surface area contributed by atoms with Crippen molar-refractivity contribution < 1.29 is 32.6 Å². The number of benzene rings is 2. The number of halogens is 3. The van der Waals surface area contributed by atoms with E-state index in [1.54, 1.807) is 31.2 Å². The molecule has 2 aromatic rings. The molecule has 31 heavy (non-hydrogen) atoms. The van der Waals surface area contributed by atoms with E-state index in [1.807, 2.05) is 18.7 Å². The zero-order valence-corrected chi connectivity index (χ0v) is 17.9. The van der Waals surface area contributed by atoms with Gasteiger partial charge in [0.15, 0.2) is 6.23 Å². The van der Waals surface area contributed by atoms with Crippen LogP contribution in [0.1, 0.15) is 43.6 Å². The number of aliphatic carboxylic acids is 1. The van der Waals surface area contributed by atoms with Crippen LogP contribution in [0.5, 0.6) is 0 Å². The fourth-order valence-corrected chi connectivity index (χ4v) is 2.73. The molecule has 170 valence electrons. The topological polar surface area (TPSA) is 78.9 Å². The number of para-hydroxylation sites is 1. The highest BCUT2D eigenvalue weighted by Crippen LogP contribution is 2.32. The Balaban J connectivity index is 0.00000110. The summed E-state index contributed by atoms with van der Waals surface area (Å²) in [6, 6.07) is 11.4. The minimum Gasteiger partial charge on any atom is -0.481 e. The van der Waals surface area contributed by atoms with Crippen LogP contribution in [0.25, 0.3) is 0 Å². The Morgan fingerprint density at radius 3 is 2.23 bits per heavy atom. The molecule has 2 N–H and O–H groups in total. The van der Waals surface area contributed by atoms with E-state index in [4.69, 9.17) is 14.6 Å². The molecule has 0 radical (unpaired) electrons. The minimum absolute atomic E-state index is 0.238. The number of alkyl halides is 3. The predicted octanol–water partition coefficient (Wildman–Crippen LogP) is 5.38. The second kappa shape index (κ2) is 11.9. The maximum atomic E-state index is 12.9. The quantitative estimate of drug-likeness (QED) is 0.444. The molecule has 0 saturated carbocycles. The Kier molecular flexibility index (Phi) is 10.0. The molecule has 0 spiro atoms. The predicted molar refractivity (Wildman–Crippen MR) is 112 cm³/mol. The summed E-state index contributed by atoms with van der Waals surface area (Å²) in [5.74, 6) is -1.37. The zero-order chi connectivity index (χ0) is 23.6. The van der Waals surface area contributed by atoms with Crippen LogP contribution in [-0.4, -0.2) is 41.3 Å². The van der Waals surface area contributed by atoms with Crippen LogP contribution in [0.2, 0.25) is 0 Å². The van der Waals surface area contributed by atoms with Gasteiger partial charge >= 0.3 is 12.1 Å². The number of carboxylic acids is 1. The number of hydrogen-bond acceptors (Lipinski definition) is 5. The summed E-state index contributed by atoms with van der Waals surface area (Å²) in [6.45, 7) is 8.27. The molecule has 0 fully saturated rings. The number of nitrogens with one attached hydrogen (secondary N) is 1. The molecule has 9 heteroatoms. The summed E-state index contributed by atoms with van der Waals surface area (Å²) in [4.78, 5) is 23.5. The molecule has 0 amide bonds. The summed E-state index contributed by atoms with van der Waals surface area (Å²) in [5, 5.41) is 10.3. The first-order valence-corrected chi connectivity index (χ1v) is 9.67. The van der Waals surface area contributed by atoms with E-state index >= 15 is 0 Å². The number of hydrogen-bond donors (Lipinski definition) is 2. The second-order valence-electron chi connectivity index (χ2n) is 6.49. The van der Waals surface area contributed by atoms with Crippen LogP contribution in [0, 0.1) is 0 Å². The highest BCUT2D eigenvalue weighted by atomic mass is 19.4. The van der Waals surface area contributed by atoms with Gasteiger partial charge in [-0.15, -0.1) is 0 Å². The van der Waals surface area contributed by atoms with E-state index < -0.39 is 29.9 Å². The summed E-state index contributed by atoms with van der Waals surface area (Å²) in [6.07, 6.45) is -4.84. The third-order valence-electron chi connectivity index (χ3n) is 4.22. The summed E-state index contributed by atoms with van der Waals surface area (Å²) >= 11 is 0. The van der Waals surface area contributed by atoms with E-state index in [0.29, 0.717) is 5.69 Å². The number of carbonyl (C=O) groups excluding carboxylic acids is 1. The third kappa shape index (κ3) is 8.67. The van der Waals surface area contributed by atoms with E-state index in [2.05, 4.69) is 5.32 Å². The van der Waals surface area contributed by atoms with Crippen molar-refractivity contribution in [3.8, 4) is 0 Å². The van der Waals surface area contributed by atoms with Crippen LogP contribution < -0.4 is 5.32 Å². The summed E-state index contributed by atoms with van der Waals surface area (Å²) in [7, 11) is 0. The molecule has 1 unspecified atom stereocenters. The Morgan fingerprint density at radius 1 is 1.10 bits per heavy atom. The second-order valence-corrected chi connectivity index (χ2v) is 6.49. The van der Waals surface area contributed by atoms with E-state index in [-0.39, 0.29) is 11.3 Å². The number of carbonyl (C=O) groups is 2. The molecule has 2 aromatic carbocycles. The lowest BCUT2D eigenvalue weighted by Crippen LogP contribution is -2.36. The van der Waals surface area contributed by atoms with Gasteiger partial charge < -0.3 is 15.2 Å². The Labute approximate surface area is 179 Å². The standard InChI is InChI=1S/C20H23F3N2O2.C2H4O2/c1-4-25(5-2)14(3)27-19(26)17-11-6-7-12-18(17)24-16-10-8-9-15(13-16)20(21,22)23;1-2(3)4/h6-14,24H,4-5H2,1-3H3;1H3,(H,3,4). The summed E-state index contributed by atoms with van der Waals surface area (Å²) in [5.41, 5.74) is 0.118. The van der Waals surface area contributed by atoms with Crippen LogP contribution >= 0.6 is 0 Å². The first-order chi connectivity index (χ1) is 14.5. The molecule has 1 atom stereocenters. The van der Waals surface area contributed by atoms with Crippen LogP contribution in [0.4, 0.5) is 24.5 Å². The largest absolute Gasteiger partial charge is 0.481 e. The van der Waals surface area contributed by atoms with Crippen LogP contribution in [-0.2, 0) is 15.7 Å². The Bertz CT molecular complexity index is 864. The maximum absolute atomic E-state index is 12.9. The normalized spacial score (nSPS) is 11.9. The molecule has 2 rings (SSSR count). The first-order valence-electron chi connectivity index (χ1n) is 9.67. The van der Waals surface area contributed by atoms with Gasteiger partial charge in [-0.3, -0.25) is 9.69 Å². The van der Waals surface area contributed by atoms with Crippen LogP contribution in [0.15, 0.2) is 48.5 Å². The van der Waals surface area contributed by atoms with E-state index in [1.165, 1.54) is 12.1 Å². The number of ether oxygens (including phenoxy) is 1. The molecule has 0 aromatic heterocycles. The van der Waals surface area contributed by atoms with Gasteiger partial charge in [-0.05, 0) is 50.3 Å². The molecule has 6 nitrogen and oxygen atoms in total. The lowest BCUT2D eigenvalue weighted by atomic mass is 10.1. The van der Waals surface area contributed by atoms with Gasteiger partial charge in [-0.1, -0.05) is 32.0 Å². The molecule has 0 heterocycles. The van der Waals surface area contributed by atoms with Crippen LogP contribution in [0.3, 0.4) is 0 Å². The highest BCUT2D eigenvalue weighted by Gasteiger charge is 2.30. The van der Waals surface area contributed by atoms with Crippen molar-refractivity contribution in [3.63, 3.8) is 0 Å². The molecular weight excluding hydrogens is 413 g/mol. The molecule has 0 aliphatic carbocycles. The van der Waals surface area contributed by atoms with Crippen molar-refractivity contribution in [2.45, 2.75) is 40.1 Å². The van der Waals surface area contributed by atoms with E-state index in [9.17, 15) is 18.0 Å². The molecule has 0 aliphatic heterocycles. The minimum atomic E-state index is -4.44. The monoisotopic (exact) mass is 440 g/mol. The number of carboxylic acid groups (broad SMARTS) is 1. The zero-order valence-electron chi connectivity index (χ0n) is 17.9. The molecule has 0 saturated heterocycles. The van der Waals surface area contributed by atoms with Crippen molar-refractivity contribution in [3.05, 3.63) is 59.7 Å². The highest BCUT2D eigenvalue weighted by molar-refractivity contribution is 5.96. The van der Waals surface area contributed by atoms with Gasteiger partial charge in [0.05, 0.1) is 16.8 Å². The van der Waals surface area contributed by atoms with Gasteiger partial charge in [0.1, 0.15) is 0 Å². The van der Waals surface area contributed by atoms with Gasteiger partial charge in [0, 0.05) is 12.6 Å². The fourth-order valence-electron chi connectivity index (χ4n) is 2.73. The smallest absolute Gasteiger partial charge is 0.416 e. The maximum Gasteiger partial charge on any atom is 0.416 e. The van der Waals surface area contributed by atoms with Gasteiger partial charge in [-0.2, -0.15) is 13.2 Å². The third-order valence-corrected chi connectivity index (χ3v) is 4.22. The number of rotatable bonds is 7. The average molecular weight is 440 g/mol. The van der Waals surface area contributed by atoms with Gasteiger partial charge in [0.25, 0.3) is 5.97 Å². The fraction of sp³-hybridized carbons (Fsp3) is 0.364. The van der Waals surface area contributed by atoms with Crippen molar-refractivity contribution in [2.75, 3.05) is 18.4 Å². The molecule has 0 bridgehead atoms. The molecular formula is C22H27F3N2O4. The van der Waals surface area contributed by atoms with Crippen molar-refractivity contribution in [1.82, 2.24) is 4.90 Å². The lowest BCUT2D eigenvalue weighted by Gasteiger charge is -2.26. The average Bonchev–Trinajstić information content (AvgIpc) is 2.68. The van der Waals surface area contributed by atoms with Crippen molar-refractivity contribution in [1.29, 1.82) is 0 Å². The number of anilines is 2. The van der Waals surface area contributed by atoms with Crippen molar-refractivity contribution >= 4 is 23.3 Å². The SMILES string of the molecule is CC(=O)O.CCN(CC)C(C)OC(=O)c1ccccc1Nc1cccc(C(F)(F)F)c1. The van der Waals surface area contributed by atoms with Gasteiger partial charge in [0.2, 0.25) is 0 Å². The van der Waals surface area contributed by atoms with Crippen molar-refractivity contribution in [2.24, 2.45) is 0 Å². The van der Waals surface area contributed by atoms with E-state index in [0.717, 1.165) is 32.1 Å². The first kappa shape index (κ1) is 26.0. The Morgan fingerprint density at radius 2 is 1.68 bits per heavy atom.